The van der Waals surface area contributed by atoms with Crippen LogP contribution < -0.4 is 4.74 Å². The first-order valence-electron chi connectivity index (χ1n) is 5.37. The molecule has 2 rings (SSSR count). The maximum atomic E-state index is 5.78. The molecule has 0 spiro atoms. The zero-order valence-electron chi connectivity index (χ0n) is 9.49. The standard InChI is InChI=1S/C15H10Cl2O/c16-13-5-3-12(4-6-13)2-1-11-18-15-9-7-14(17)8-10-15/h3-10H,11H2. The third-order valence-corrected chi connectivity index (χ3v) is 2.71. The summed E-state index contributed by atoms with van der Waals surface area (Å²) in [7, 11) is 0. The maximum Gasteiger partial charge on any atom is 0.149 e. The maximum absolute atomic E-state index is 5.78. The number of hydrogen-bond acceptors (Lipinski definition) is 1. The Kier molecular flexibility index (Phi) is 4.52. The first-order valence-corrected chi connectivity index (χ1v) is 6.12. The molecule has 0 unspecified atom stereocenters. The number of ether oxygens (including phenoxy) is 1. The van der Waals surface area contributed by atoms with Gasteiger partial charge in [-0.25, -0.2) is 0 Å². The highest BCUT2D eigenvalue weighted by Crippen LogP contribution is 2.15. The van der Waals surface area contributed by atoms with Crippen molar-refractivity contribution in [2.45, 2.75) is 0 Å². The van der Waals surface area contributed by atoms with Crippen molar-refractivity contribution < 1.29 is 4.74 Å². The number of benzene rings is 2. The van der Waals surface area contributed by atoms with E-state index in [9.17, 15) is 0 Å². The lowest BCUT2D eigenvalue weighted by Gasteiger charge is -2.00. The van der Waals surface area contributed by atoms with E-state index < -0.39 is 0 Å². The van der Waals surface area contributed by atoms with Crippen LogP contribution in [0.25, 0.3) is 0 Å². The minimum absolute atomic E-state index is 0.338. The highest BCUT2D eigenvalue weighted by Gasteiger charge is 1.91. The predicted octanol–water partition coefficient (Wildman–Crippen LogP) is 4.42. The second-order valence-electron chi connectivity index (χ2n) is 3.55. The zero-order chi connectivity index (χ0) is 12.8. The second-order valence-corrected chi connectivity index (χ2v) is 4.42. The smallest absolute Gasteiger partial charge is 0.149 e. The Morgan fingerprint density at radius 2 is 1.39 bits per heavy atom. The minimum Gasteiger partial charge on any atom is -0.481 e. The molecule has 3 heteroatoms. The summed E-state index contributed by atoms with van der Waals surface area (Å²) >= 11 is 11.6. The monoisotopic (exact) mass is 276 g/mol. The Hall–Kier alpha value is -1.62. The van der Waals surface area contributed by atoms with Crippen molar-refractivity contribution >= 4 is 23.2 Å². The van der Waals surface area contributed by atoms with Gasteiger partial charge in [-0.3, -0.25) is 0 Å². The van der Waals surface area contributed by atoms with Crippen LogP contribution in [-0.2, 0) is 0 Å². The minimum atomic E-state index is 0.338. The van der Waals surface area contributed by atoms with Crippen molar-refractivity contribution in [2.75, 3.05) is 6.61 Å². The van der Waals surface area contributed by atoms with E-state index in [1.807, 2.05) is 36.4 Å². The van der Waals surface area contributed by atoms with Gasteiger partial charge in [0.05, 0.1) is 0 Å². The van der Waals surface area contributed by atoms with E-state index >= 15 is 0 Å². The van der Waals surface area contributed by atoms with Gasteiger partial charge in [0.1, 0.15) is 12.4 Å². The third kappa shape index (κ3) is 4.00. The molecule has 2 aromatic rings. The van der Waals surface area contributed by atoms with Crippen LogP contribution in [0.2, 0.25) is 10.0 Å². The van der Waals surface area contributed by atoms with E-state index in [0.29, 0.717) is 16.7 Å². The van der Waals surface area contributed by atoms with Crippen LogP contribution in [0.4, 0.5) is 0 Å². The molecule has 0 aliphatic heterocycles. The first kappa shape index (κ1) is 12.8. The fourth-order valence-corrected chi connectivity index (χ4v) is 1.57. The molecule has 0 amide bonds. The first-order chi connectivity index (χ1) is 8.74. The summed E-state index contributed by atoms with van der Waals surface area (Å²) in [5, 5.41) is 1.40. The average molecular weight is 277 g/mol. The highest BCUT2D eigenvalue weighted by atomic mass is 35.5. The Morgan fingerprint density at radius 3 is 2.00 bits per heavy atom. The van der Waals surface area contributed by atoms with Gasteiger partial charge < -0.3 is 4.74 Å². The molecule has 0 heterocycles. The molecule has 90 valence electrons. The quantitative estimate of drug-likeness (QED) is 0.738. The lowest BCUT2D eigenvalue weighted by molar-refractivity contribution is 0.370. The summed E-state index contributed by atoms with van der Waals surface area (Å²) in [6.07, 6.45) is 0. The largest absolute Gasteiger partial charge is 0.481 e. The van der Waals surface area contributed by atoms with E-state index in [-0.39, 0.29) is 0 Å². The number of hydrogen-bond donors (Lipinski definition) is 0. The van der Waals surface area contributed by atoms with Crippen molar-refractivity contribution in [3.8, 4) is 17.6 Å². The topological polar surface area (TPSA) is 9.23 Å². The summed E-state index contributed by atoms with van der Waals surface area (Å²) in [5.41, 5.74) is 0.916. The fourth-order valence-electron chi connectivity index (χ4n) is 1.32. The number of halogens is 2. The molecule has 0 saturated heterocycles. The summed E-state index contributed by atoms with van der Waals surface area (Å²) in [6, 6.07) is 14.6. The molecular formula is C15H10Cl2O. The third-order valence-electron chi connectivity index (χ3n) is 2.20. The van der Waals surface area contributed by atoms with Gasteiger partial charge in [0.2, 0.25) is 0 Å². The van der Waals surface area contributed by atoms with Crippen LogP contribution in [-0.4, -0.2) is 6.61 Å². The molecule has 1 nitrogen and oxygen atoms in total. The van der Waals surface area contributed by atoms with E-state index in [2.05, 4.69) is 11.8 Å². The molecule has 0 aromatic heterocycles. The van der Waals surface area contributed by atoms with Crippen LogP contribution in [0.1, 0.15) is 5.56 Å². The molecular weight excluding hydrogens is 267 g/mol. The Labute approximate surface area is 116 Å². The fraction of sp³-hybridized carbons (Fsp3) is 0.0667. The molecule has 0 bridgehead atoms. The second kappa shape index (κ2) is 6.35. The van der Waals surface area contributed by atoms with Gasteiger partial charge in [0.15, 0.2) is 0 Å². The molecule has 0 radical (unpaired) electrons. The molecule has 18 heavy (non-hydrogen) atoms. The predicted molar refractivity (Wildman–Crippen MR) is 75.3 cm³/mol. The lowest BCUT2D eigenvalue weighted by Crippen LogP contribution is -1.93. The molecule has 0 aliphatic rings. The van der Waals surface area contributed by atoms with Crippen molar-refractivity contribution in [1.82, 2.24) is 0 Å². The summed E-state index contributed by atoms with van der Waals surface area (Å²) in [4.78, 5) is 0. The van der Waals surface area contributed by atoms with Crippen LogP contribution in [0.3, 0.4) is 0 Å². The van der Waals surface area contributed by atoms with E-state index in [1.165, 1.54) is 0 Å². The van der Waals surface area contributed by atoms with Crippen LogP contribution in [0.5, 0.6) is 5.75 Å². The average Bonchev–Trinajstić information content (AvgIpc) is 2.39. The molecule has 0 saturated carbocycles. The van der Waals surface area contributed by atoms with Gasteiger partial charge in [0, 0.05) is 15.6 Å². The van der Waals surface area contributed by atoms with E-state index in [4.69, 9.17) is 27.9 Å². The van der Waals surface area contributed by atoms with Crippen LogP contribution >= 0.6 is 23.2 Å². The highest BCUT2D eigenvalue weighted by molar-refractivity contribution is 6.30. The van der Waals surface area contributed by atoms with Crippen molar-refractivity contribution in [3.05, 3.63) is 64.1 Å². The van der Waals surface area contributed by atoms with E-state index in [0.717, 1.165) is 11.3 Å². The Morgan fingerprint density at radius 1 is 0.833 bits per heavy atom. The Bertz CT molecular complexity index is 562. The van der Waals surface area contributed by atoms with Crippen molar-refractivity contribution in [1.29, 1.82) is 0 Å². The van der Waals surface area contributed by atoms with E-state index in [1.54, 1.807) is 12.1 Å². The van der Waals surface area contributed by atoms with Crippen LogP contribution in [0.15, 0.2) is 48.5 Å². The summed E-state index contributed by atoms with van der Waals surface area (Å²) in [5.74, 6) is 6.68. The van der Waals surface area contributed by atoms with Gasteiger partial charge in [-0.1, -0.05) is 35.0 Å². The van der Waals surface area contributed by atoms with Crippen molar-refractivity contribution in [3.63, 3.8) is 0 Å². The molecule has 2 aromatic carbocycles. The summed E-state index contributed by atoms with van der Waals surface area (Å²) < 4.78 is 5.45. The number of rotatable bonds is 2. The zero-order valence-corrected chi connectivity index (χ0v) is 11.0. The molecule has 0 fully saturated rings. The molecule has 0 N–H and O–H groups in total. The van der Waals surface area contributed by atoms with Gasteiger partial charge in [-0.2, -0.15) is 0 Å². The Balaban J connectivity index is 1.89. The van der Waals surface area contributed by atoms with Gasteiger partial charge >= 0.3 is 0 Å². The van der Waals surface area contributed by atoms with Gasteiger partial charge in [0.25, 0.3) is 0 Å². The molecule has 0 atom stereocenters. The van der Waals surface area contributed by atoms with Gasteiger partial charge in [-0.05, 0) is 48.5 Å². The lowest BCUT2D eigenvalue weighted by atomic mass is 10.2. The summed E-state index contributed by atoms with van der Waals surface area (Å²) in [6.45, 7) is 0.338. The van der Waals surface area contributed by atoms with Gasteiger partial charge in [-0.15, -0.1) is 0 Å². The molecule has 0 aliphatic carbocycles. The normalized spacial score (nSPS) is 9.44. The SMILES string of the molecule is Clc1ccc(C#CCOc2ccc(Cl)cc2)cc1. The van der Waals surface area contributed by atoms with Crippen LogP contribution in [0, 0.1) is 11.8 Å². The van der Waals surface area contributed by atoms with Crippen molar-refractivity contribution in [2.24, 2.45) is 0 Å².